The van der Waals surface area contributed by atoms with Crippen molar-refractivity contribution in [2.75, 3.05) is 25.0 Å². The Kier molecular flexibility index (Phi) is 5.01. The highest BCUT2D eigenvalue weighted by Crippen LogP contribution is 2.25. The largest absolute Gasteiger partial charge is 0.354 e. The van der Waals surface area contributed by atoms with Crippen LogP contribution in [0.4, 0.5) is 5.82 Å². The summed E-state index contributed by atoms with van der Waals surface area (Å²) in [5, 5.41) is 8.79. The Hall–Kier alpha value is -2.92. The van der Waals surface area contributed by atoms with Gasteiger partial charge in [0, 0.05) is 31.9 Å². The molecule has 0 aliphatic carbocycles. The van der Waals surface area contributed by atoms with Crippen LogP contribution in [0.3, 0.4) is 0 Å². The predicted molar refractivity (Wildman–Crippen MR) is 114 cm³/mol. The van der Waals surface area contributed by atoms with E-state index in [1.165, 1.54) is 10.8 Å². The highest BCUT2D eigenvalue weighted by atomic mass is 16.1. The van der Waals surface area contributed by atoms with E-state index in [9.17, 15) is 4.79 Å². The van der Waals surface area contributed by atoms with Gasteiger partial charge in [-0.1, -0.05) is 42.5 Å². The van der Waals surface area contributed by atoms with Gasteiger partial charge in [0.25, 0.3) is 5.91 Å². The van der Waals surface area contributed by atoms with Gasteiger partial charge in [-0.25, -0.2) is 4.98 Å². The molecule has 0 spiro atoms. The number of likely N-dealkylation sites (N-methyl/N-ethyl adjacent to an activating group) is 1. The minimum atomic E-state index is -0.0943. The standard InChI is InChI=1S/C23H26N4O/c1-15-12-25-22(27(3)18-13-24-14-18)11-21(15)23(28)26-16(2)19-10-6-8-17-7-4-5-9-20(17)19/h4-12,16,18,24H,13-14H2,1-3H3,(H,26,28)/t16-/m1/s1. The van der Waals surface area contributed by atoms with E-state index >= 15 is 0 Å². The first kappa shape index (κ1) is 18.4. The summed E-state index contributed by atoms with van der Waals surface area (Å²) in [6.45, 7) is 5.86. The van der Waals surface area contributed by atoms with Gasteiger partial charge in [-0.15, -0.1) is 0 Å². The van der Waals surface area contributed by atoms with Crippen LogP contribution in [0.2, 0.25) is 0 Å². The first-order chi connectivity index (χ1) is 13.5. The van der Waals surface area contributed by atoms with Gasteiger partial charge >= 0.3 is 0 Å². The quantitative estimate of drug-likeness (QED) is 0.718. The summed E-state index contributed by atoms with van der Waals surface area (Å²) in [4.78, 5) is 19.7. The molecule has 0 unspecified atom stereocenters. The molecule has 1 aliphatic rings. The molecule has 5 nitrogen and oxygen atoms in total. The third kappa shape index (κ3) is 3.45. The number of aromatic nitrogens is 1. The van der Waals surface area contributed by atoms with Gasteiger partial charge in [0.1, 0.15) is 5.82 Å². The first-order valence-electron chi connectivity index (χ1n) is 9.73. The number of fused-ring (bicyclic) bond motifs is 1. The van der Waals surface area contributed by atoms with E-state index in [-0.39, 0.29) is 11.9 Å². The third-order valence-corrected chi connectivity index (χ3v) is 5.64. The second-order valence-corrected chi connectivity index (χ2v) is 7.54. The zero-order valence-electron chi connectivity index (χ0n) is 16.6. The number of pyridine rings is 1. The third-order valence-electron chi connectivity index (χ3n) is 5.64. The summed E-state index contributed by atoms with van der Waals surface area (Å²) < 4.78 is 0. The summed E-state index contributed by atoms with van der Waals surface area (Å²) in [7, 11) is 2.03. The molecule has 1 aromatic heterocycles. The van der Waals surface area contributed by atoms with E-state index in [4.69, 9.17) is 0 Å². The van der Waals surface area contributed by atoms with Crippen molar-refractivity contribution in [1.29, 1.82) is 0 Å². The minimum Gasteiger partial charge on any atom is -0.354 e. The summed E-state index contributed by atoms with van der Waals surface area (Å²) in [6.07, 6.45) is 1.79. The Morgan fingerprint density at radius 3 is 2.71 bits per heavy atom. The highest BCUT2D eigenvalue weighted by molar-refractivity contribution is 5.97. The number of hydrogen-bond donors (Lipinski definition) is 2. The minimum absolute atomic E-state index is 0.0679. The molecule has 2 heterocycles. The van der Waals surface area contributed by atoms with Gasteiger partial charge in [0.05, 0.1) is 12.1 Å². The van der Waals surface area contributed by atoms with E-state index in [2.05, 4.69) is 44.8 Å². The van der Waals surface area contributed by atoms with Crippen LogP contribution in [0.25, 0.3) is 10.8 Å². The van der Waals surface area contributed by atoms with Gasteiger partial charge in [-0.05, 0) is 41.8 Å². The lowest BCUT2D eigenvalue weighted by Crippen LogP contribution is -2.56. The molecule has 0 radical (unpaired) electrons. The molecule has 2 aromatic carbocycles. The fourth-order valence-electron chi connectivity index (χ4n) is 3.66. The maximum Gasteiger partial charge on any atom is 0.252 e. The predicted octanol–water partition coefficient (Wildman–Crippen LogP) is 3.44. The lowest BCUT2D eigenvalue weighted by molar-refractivity contribution is 0.0939. The highest BCUT2D eigenvalue weighted by Gasteiger charge is 2.24. The maximum atomic E-state index is 13.0. The smallest absolute Gasteiger partial charge is 0.252 e. The molecule has 5 heteroatoms. The van der Waals surface area contributed by atoms with Gasteiger partial charge in [-0.2, -0.15) is 0 Å². The number of amides is 1. The van der Waals surface area contributed by atoms with E-state index < -0.39 is 0 Å². The van der Waals surface area contributed by atoms with Crippen LogP contribution in [-0.2, 0) is 0 Å². The second kappa shape index (κ2) is 7.60. The van der Waals surface area contributed by atoms with Crippen molar-refractivity contribution >= 4 is 22.5 Å². The summed E-state index contributed by atoms with van der Waals surface area (Å²) in [6, 6.07) is 16.7. The number of rotatable bonds is 5. The van der Waals surface area contributed by atoms with E-state index in [1.807, 2.05) is 45.2 Å². The van der Waals surface area contributed by atoms with Gasteiger partial charge in [0.2, 0.25) is 0 Å². The molecule has 1 fully saturated rings. The number of carbonyl (C=O) groups is 1. The lowest BCUT2D eigenvalue weighted by Gasteiger charge is -2.36. The Bertz CT molecular complexity index is 1010. The Morgan fingerprint density at radius 1 is 1.21 bits per heavy atom. The van der Waals surface area contributed by atoms with Crippen molar-refractivity contribution in [3.8, 4) is 0 Å². The molecule has 144 valence electrons. The summed E-state index contributed by atoms with van der Waals surface area (Å²) in [5.74, 6) is 0.766. The molecular weight excluding hydrogens is 348 g/mol. The molecular formula is C23H26N4O. The Labute approximate surface area is 165 Å². The SMILES string of the molecule is Cc1cnc(N(C)C2CNC2)cc1C(=O)N[C@H](C)c1cccc2ccccc12. The summed E-state index contributed by atoms with van der Waals surface area (Å²) >= 11 is 0. The van der Waals surface area contributed by atoms with Crippen molar-refractivity contribution in [2.45, 2.75) is 25.9 Å². The van der Waals surface area contributed by atoms with Crippen molar-refractivity contribution in [2.24, 2.45) is 0 Å². The van der Waals surface area contributed by atoms with Crippen LogP contribution in [0, 0.1) is 6.92 Å². The zero-order chi connectivity index (χ0) is 19.7. The van der Waals surface area contributed by atoms with Crippen molar-refractivity contribution in [3.05, 3.63) is 71.4 Å². The topological polar surface area (TPSA) is 57.3 Å². The number of hydrogen-bond acceptors (Lipinski definition) is 4. The number of benzene rings is 2. The molecule has 4 rings (SSSR count). The van der Waals surface area contributed by atoms with Gasteiger partial charge in [0.15, 0.2) is 0 Å². The normalized spacial score (nSPS) is 15.1. The number of aryl methyl sites for hydroxylation is 1. The molecule has 1 atom stereocenters. The van der Waals surface area contributed by atoms with Crippen LogP contribution in [-0.4, -0.2) is 37.1 Å². The van der Waals surface area contributed by atoms with Gasteiger partial charge in [-0.3, -0.25) is 4.79 Å². The van der Waals surface area contributed by atoms with Gasteiger partial charge < -0.3 is 15.5 Å². The zero-order valence-corrected chi connectivity index (χ0v) is 16.6. The second-order valence-electron chi connectivity index (χ2n) is 7.54. The number of carbonyl (C=O) groups excluding carboxylic acids is 1. The number of nitrogens with zero attached hydrogens (tertiary/aromatic N) is 2. The van der Waals surface area contributed by atoms with E-state index in [0.29, 0.717) is 11.6 Å². The van der Waals surface area contributed by atoms with Crippen molar-refractivity contribution in [3.63, 3.8) is 0 Å². The van der Waals surface area contributed by atoms with Crippen molar-refractivity contribution in [1.82, 2.24) is 15.6 Å². The molecule has 0 bridgehead atoms. The van der Waals surface area contributed by atoms with Crippen LogP contribution < -0.4 is 15.5 Å². The van der Waals surface area contributed by atoms with E-state index in [1.54, 1.807) is 6.20 Å². The number of nitrogens with one attached hydrogen (secondary N) is 2. The molecule has 1 saturated heterocycles. The van der Waals surface area contributed by atoms with E-state index in [0.717, 1.165) is 30.0 Å². The first-order valence-corrected chi connectivity index (χ1v) is 9.73. The maximum absolute atomic E-state index is 13.0. The molecule has 2 N–H and O–H groups in total. The van der Waals surface area contributed by atoms with Crippen LogP contribution in [0.5, 0.6) is 0 Å². The lowest BCUT2D eigenvalue weighted by atomic mass is 9.99. The fourth-order valence-corrected chi connectivity index (χ4v) is 3.66. The monoisotopic (exact) mass is 374 g/mol. The average Bonchev–Trinajstić information content (AvgIpc) is 2.66. The van der Waals surface area contributed by atoms with Crippen LogP contribution in [0.1, 0.15) is 34.5 Å². The average molecular weight is 374 g/mol. The molecule has 0 saturated carbocycles. The molecule has 3 aromatic rings. The molecule has 1 aliphatic heterocycles. The Balaban J connectivity index is 1.57. The van der Waals surface area contributed by atoms with Crippen molar-refractivity contribution < 1.29 is 4.79 Å². The number of anilines is 1. The Morgan fingerprint density at radius 2 is 1.96 bits per heavy atom. The molecule has 28 heavy (non-hydrogen) atoms. The fraction of sp³-hybridized carbons (Fsp3) is 0.304. The molecule has 1 amide bonds. The summed E-state index contributed by atoms with van der Waals surface area (Å²) in [5.41, 5.74) is 2.68. The van der Waals surface area contributed by atoms with Crippen LogP contribution >= 0.6 is 0 Å². The van der Waals surface area contributed by atoms with Crippen LogP contribution in [0.15, 0.2) is 54.7 Å².